The van der Waals surface area contributed by atoms with Crippen molar-refractivity contribution in [1.82, 2.24) is 0 Å². The molecular formula is C16H17NOTe. The number of phenols is 1. The van der Waals surface area contributed by atoms with E-state index in [1.54, 1.807) is 6.07 Å². The molecule has 0 radical (unpaired) electrons. The van der Waals surface area contributed by atoms with Gasteiger partial charge in [-0.2, -0.15) is 0 Å². The molecule has 0 unspecified atom stereocenters. The second-order valence-corrected chi connectivity index (χ2v) is 7.48. The van der Waals surface area contributed by atoms with Gasteiger partial charge in [0.25, 0.3) is 0 Å². The summed E-state index contributed by atoms with van der Waals surface area (Å²) in [6, 6.07) is 18.0. The Morgan fingerprint density at radius 2 is 1.74 bits per heavy atom. The van der Waals surface area contributed by atoms with Crippen LogP contribution in [0.1, 0.15) is 12.5 Å². The first kappa shape index (κ1) is 14.1. The van der Waals surface area contributed by atoms with E-state index < -0.39 is 0 Å². The predicted molar refractivity (Wildman–Crippen MR) is 81.8 cm³/mol. The van der Waals surface area contributed by atoms with E-state index in [0.717, 1.165) is 22.3 Å². The Kier molecular flexibility index (Phi) is 5.44. The molecule has 0 bridgehead atoms. The number of aromatic hydroxyl groups is 1. The van der Waals surface area contributed by atoms with Crippen molar-refractivity contribution < 1.29 is 5.11 Å². The van der Waals surface area contributed by atoms with Crippen LogP contribution in [-0.4, -0.2) is 38.3 Å². The predicted octanol–water partition coefficient (Wildman–Crippen LogP) is 2.65. The first-order valence-corrected chi connectivity index (χ1v) is 9.06. The Balaban J connectivity index is 1.88. The van der Waals surface area contributed by atoms with E-state index in [2.05, 4.69) is 35.3 Å². The van der Waals surface area contributed by atoms with Gasteiger partial charge in [0, 0.05) is 0 Å². The number of phenolic OH excluding ortho intramolecular Hbond substituents is 1. The van der Waals surface area contributed by atoms with Gasteiger partial charge < -0.3 is 0 Å². The van der Waals surface area contributed by atoms with Gasteiger partial charge in [-0.15, -0.1) is 0 Å². The summed E-state index contributed by atoms with van der Waals surface area (Å²) in [6.45, 7) is 2.80. The summed E-state index contributed by atoms with van der Waals surface area (Å²) in [5.74, 6) is 0.309. The minimum absolute atomic E-state index is 0.133. The molecule has 0 saturated heterocycles. The van der Waals surface area contributed by atoms with E-state index in [-0.39, 0.29) is 20.9 Å². The molecule has 0 spiro atoms. The molecule has 98 valence electrons. The van der Waals surface area contributed by atoms with Gasteiger partial charge in [0.05, 0.1) is 0 Å². The molecule has 1 N–H and O–H groups in total. The summed E-state index contributed by atoms with van der Waals surface area (Å²) < 4.78 is 2.63. The Labute approximate surface area is 124 Å². The molecule has 2 nitrogen and oxygen atoms in total. The Morgan fingerprint density at radius 1 is 1.05 bits per heavy atom. The molecule has 19 heavy (non-hydrogen) atoms. The summed E-state index contributed by atoms with van der Waals surface area (Å²) in [5.41, 5.74) is 1.75. The molecule has 0 fully saturated rings. The zero-order valence-corrected chi connectivity index (χ0v) is 13.2. The maximum absolute atomic E-state index is 9.74. The number of benzene rings is 2. The zero-order valence-electron chi connectivity index (χ0n) is 10.9. The number of nitrogens with zero attached hydrogens (tertiary/aromatic N) is 1. The molecule has 2 aromatic carbocycles. The second kappa shape index (κ2) is 7.33. The van der Waals surface area contributed by atoms with Crippen LogP contribution in [0.5, 0.6) is 5.75 Å². The zero-order chi connectivity index (χ0) is 13.5. The number of aliphatic imine (C=N–C) groups is 1. The summed E-state index contributed by atoms with van der Waals surface area (Å²) in [4.78, 5) is 4.56. The number of para-hydroxylation sites is 1. The van der Waals surface area contributed by atoms with E-state index >= 15 is 0 Å². The fourth-order valence-electron chi connectivity index (χ4n) is 1.76. The normalized spacial score (nSPS) is 11.5. The third-order valence-corrected chi connectivity index (χ3v) is 5.58. The topological polar surface area (TPSA) is 32.6 Å². The van der Waals surface area contributed by atoms with E-state index in [4.69, 9.17) is 0 Å². The molecule has 2 rings (SSSR count). The maximum atomic E-state index is 9.74. The van der Waals surface area contributed by atoms with E-state index in [1.807, 2.05) is 25.1 Å². The average Bonchev–Trinajstić information content (AvgIpc) is 2.45. The van der Waals surface area contributed by atoms with Crippen LogP contribution >= 0.6 is 0 Å². The van der Waals surface area contributed by atoms with E-state index in [1.165, 1.54) is 3.61 Å². The van der Waals surface area contributed by atoms with Crippen LogP contribution in [0, 0.1) is 0 Å². The molecule has 0 atom stereocenters. The molecule has 3 heteroatoms. The Hall–Kier alpha value is -1.30. The van der Waals surface area contributed by atoms with Crippen LogP contribution < -0.4 is 3.61 Å². The van der Waals surface area contributed by atoms with Crippen molar-refractivity contribution in [2.24, 2.45) is 4.99 Å². The van der Waals surface area contributed by atoms with Crippen LogP contribution in [0.25, 0.3) is 0 Å². The van der Waals surface area contributed by atoms with Crippen molar-refractivity contribution in [3.8, 4) is 5.75 Å². The van der Waals surface area contributed by atoms with Gasteiger partial charge in [-0.05, 0) is 0 Å². The summed E-state index contributed by atoms with van der Waals surface area (Å²) in [5, 5.41) is 9.74. The molecule has 0 saturated carbocycles. The molecule has 0 aliphatic carbocycles. The van der Waals surface area contributed by atoms with Crippen LogP contribution in [0.4, 0.5) is 0 Å². The number of rotatable bonds is 5. The van der Waals surface area contributed by atoms with Crippen molar-refractivity contribution in [2.75, 3.05) is 6.54 Å². The van der Waals surface area contributed by atoms with Gasteiger partial charge in [0.15, 0.2) is 0 Å². The monoisotopic (exact) mass is 369 g/mol. The Morgan fingerprint density at radius 3 is 2.47 bits per heavy atom. The summed E-state index contributed by atoms with van der Waals surface area (Å²) in [7, 11) is 0. The van der Waals surface area contributed by atoms with Crippen LogP contribution in [0.2, 0.25) is 4.47 Å². The van der Waals surface area contributed by atoms with Crippen molar-refractivity contribution >= 4 is 30.2 Å². The third kappa shape index (κ3) is 4.38. The first-order valence-electron chi connectivity index (χ1n) is 6.24. The molecule has 0 aliphatic rings. The quantitative estimate of drug-likeness (QED) is 0.492. The minimum atomic E-state index is -0.133. The van der Waals surface area contributed by atoms with Crippen molar-refractivity contribution in [2.45, 2.75) is 11.4 Å². The van der Waals surface area contributed by atoms with Crippen LogP contribution in [0.15, 0.2) is 59.6 Å². The van der Waals surface area contributed by atoms with E-state index in [9.17, 15) is 5.11 Å². The first-order chi connectivity index (χ1) is 9.27. The van der Waals surface area contributed by atoms with Crippen LogP contribution in [-0.2, 0) is 0 Å². The molecular weight excluding hydrogens is 350 g/mol. The molecule has 0 aliphatic heterocycles. The van der Waals surface area contributed by atoms with Crippen LogP contribution in [0.3, 0.4) is 0 Å². The van der Waals surface area contributed by atoms with Gasteiger partial charge in [0.2, 0.25) is 0 Å². The molecule has 0 amide bonds. The van der Waals surface area contributed by atoms with Crippen molar-refractivity contribution in [1.29, 1.82) is 0 Å². The Bertz CT molecular complexity index is 552. The van der Waals surface area contributed by atoms with Gasteiger partial charge in [-0.3, -0.25) is 0 Å². The average molecular weight is 367 g/mol. The SMILES string of the molecule is CC(=NCC[Te]c1ccccc1)c1ccccc1O. The molecule has 0 heterocycles. The fraction of sp³-hybridized carbons (Fsp3) is 0.188. The van der Waals surface area contributed by atoms with Crippen molar-refractivity contribution in [3.63, 3.8) is 0 Å². The second-order valence-electron chi connectivity index (χ2n) is 4.15. The molecule has 2 aromatic rings. The standard InChI is InChI=1S/C16H17NOTe/c1-13(15-9-5-6-10-16(15)18)17-11-12-19-14-7-3-2-4-8-14/h2-10,18H,11-12H2,1H3. The van der Waals surface area contributed by atoms with Gasteiger partial charge in [-0.1, -0.05) is 0 Å². The summed E-state index contributed by atoms with van der Waals surface area (Å²) >= 11 is -0.133. The fourth-order valence-corrected chi connectivity index (χ4v) is 3.95. The number of hydrogen-bond acceptors (Lipinski definition) is 2. The number of hydrogen-bond donors (Lipinski definition) is 1. The van der Waals surface area contributed by atoms with Crippen molar-refractivity contribution in [3.05, 3.63) is 60.2 Å². The van der Waals surface area contributed by atoms with Gasteiger partial charge in [0.1, 0.15) is 0 Å². The molecule has 0 aromatic heterocycles. The van der Waals surface area contributed by atoms with Gasteiger partial charge >= 0.3 is 124 Å². The van der Waals surface area contributed by atoms with Gasteiger partial charge in [-0.25, -0.2) is 0 Å². The third-order valence-electron chi connectivity index (χ3n) is 2.75. The summed E-state index contributed by atoms with van der Waals surface area (Å²) in [6.07, 6.45) is 0. The van der Waals surface area contributed by atoms with E-state index in [0.29, 0.717) is 5.75 Å².